The van der Waals surface area contributed by atoms with Gasteiger partial charge in [0, 0.05) is 12.4 Å². The van der Waals surface area contributed by atoms with Crippen LogP contribution in [0.3, 0.4) is 0 Å². The summed E-state index contributed by atoms with van der Waals surface area (Å²) in [6.07, 6.45) is 5.22. The van der Waals surface area contributed by atoms with Crippen LogP contribution in [0.2, 0.25) is 0 Å². The minimum absolute atomic E-state index is 0.153. The molecule has 1 saturated heterocycles. The number of methoxy groups -OCH3 is 1. The van der Waals surface area contributed by atoms with E-state index in [2.05, 4.69) is 4.98 Å². The molecule has 2 aromatic carbocycles. The van der Waals surface area contributed by atoms with Crippen molar-refractivity contribution in [3.05, 3.63) is 89.1 Å². The lowest BCUT2D eigenvalue weighted by Crippen LogP contribution is -2.28. The van der Waals surface area contributed by atoms with Gasteiger partial charge >= 0.3 is 5.97 Å². The molecule has 0 spiro atoms. The molecule has 0 bridgehead atoms. The lowest BCUT2D eigenvalue weighted by molar-refractivity contribution is -0.145. The molecule has 0 saturated carbocycles. The van der Waals surface area contributed by atoms with Crippen LogP contribution in [0.5, 0.6) is 11.5 Å². The van der Waals surface area contributed by atoms with Gasteiger partial charge in [-0.05, 0) is 66.2 Å². The van der Waals surface area contributed by atoms with E-state index >= 15 is 0 Å². The zero-order chi connectivity index (χ0) is 25.3. The summed E-state index contributed by atoms with van der Waals surface area (Å²) in [6.45, 7) is 2.15. The molecule has 36 heavy (non-hydrogen) atoms. The summed E-state index contributed by atoms with van der Waals surface area (Å²) in [5, 5.41) is 0.586. The fraction of sp³-hybridized carbons (Fsp3) is 0.185. The molecular formula is C27H25N3O5S. The number of hydrogen-bond acceptors (Lipinski definition) is 8. The molecule has 3 aromatic rings. The first-order valence-corrected chi connectivity index (χ1v) is 12.1. The Morgan fingerprint density at radius 2 is 1.94 bits per heavy atom. The topological polar surface area (TPSA) is 90.3 Å². The van der Waals surface area contributed by atoms with Crippen molar-refractivity contribution >= 4 is 40.6 Å². The third-order valence-corrected chi connectivity index (χ3v) is 6.08. The number of pyridine rings is 1. The van der Waals surface area contributed by atoms with Crippen LogP contribution >= 0.6 is 11.8 Å². The van der Waals surface area contributed by atoms with Gasteiger partial charge in [0.05, 0.1) is 30.9 Å². The Labute approximate surface area is 213 Å². The van der Waals surface area contributed by atoms with Crippen LogP contribution in [-0.4, -0.2) is 47.3 Å². The van der Waals surface area contributed by atoms with E-state index in [9.17, 15) is 9.59 Å². The van der Waals surface area contributed by atoms with E-state index in [-0.39, 0.29) is 19.1 Å². The van der Waals surface area contributed by atoms with Crippen molar-refractivity contribution in [3.8, 4) is 11.5 Å². The monoisotopic (exact) mass is 503 g/mol. The molecule has 184 valence electrons. The number of nitrogens with zero attached hydrogens (tertiary/aromatic N) is 3. The van der Waals surface area contributed by atoms with Crippen LogP contribution in [0, 0.1) is 0 Å². The molecule has 0 radical (unpaired) electrons. The predicted octanol–water partition coefficient (Wildman–Crippen LogP) is 4.84. The molecule has 4 rings (SSSR count). The highest BCUT2D eigenvalue weighted by Gasteiger charge is 2.33. The normalized spacial score (nSPS) is 15.4. The Hall–Kier alpha value is -4.11. The smallest absolute Gasteiger partial charge is 0.344 e. The zero-order valence-electron chi connectivity index (χ0n) is 19.9. The second-order valence-electron chi connectivity index (χ2n) is 7.60. The van der Waals surface area contributed by atoms with Crippen LogP contribution in [0.25, 0.3) is 6.08 Å². The van der Waals surface area contributed by atoms with Crippen LogP contribution in [-0.2, 0) is 20.9 Å². The molecule has 0 aliphatic carbocycles. The minimum atomic E-state index is -0.461. The Kier molecular flexibility index (Phi) is 8.36. The molecule has 1 aromatic heterocycles. The Morgan fingerprint density at radius 3 is 2.67 bits per heavy atom. The summed E-state index contributed by atoms with van der Waals surface area (Å²) in [7, 11) is 1.51. The highest BCUT2D eigenvalue weighted by Crippen LogP contribution is 2.36. The molecule has 0 unspecified atom stereocenters. The molecule has 0 N–H and O–H groups in total. The quantitative estimate of drug-likeness (QED) is 0.305. The second-order valence-corrected chi connectivity index (χ2v) is 8.61. The number of carbonyl (C=O) groups excluding carboxylic acids is 2. The Morgan fingerprint density at radius 1 is 1.11 bits per heavy atom. The van der Waals surface area contributed by atoms with Crippen molar-refractivity contribution in [1.82, 2.24) is 9.88 Å². The fourth-order valence-electron chi connectivity index (χ4n) is 3.40. The molecule has 1 fully saturated rings. The number of aliphatic imine (C=N–C) groups is 1. The first-order valence-electron chi connectivity index (χ1n) is 11.3. The van der Waals surface area contributed by atoms with Gasteiger partial charge in [-0.25, -0.2) is 9.79 Å². The van der Waals surface area contributed by atoms with Gasteiger partial charge in [-0.1, -0.05) is 30.3 Å². The van der Waals surface area contributed by atoms with E-state index in [1.165, 1.54) is 18.9 Å². The number of rotatable bonds is 9. The summed E-state index contributed by atoms with van der Waals surface area (Å²) >= 11 is 1.31. The molecule has 2 heterocycles. The molecular weight excluding hydrogens is 478 g/mol. The second kappa shape index (κ2) is 12.0. The van der Waals surface area contributed by atoms with Crippen molar-refractivity contribution in [2.24, 2.45) is 4.99 Å². The molecule has 8 nitrogen and oxygen atoms in total. The van der Waals surface area contributed by atoms with Crippen LogP contribution in [0.15, 0.2) is 83.0 Å². The van der Waals surface area contributed by atoms with Crippen molar-refractivity contribution in [2.45, 2.75) is 13.5 Å². The first-order chi connectivity index (χ1) is 17.6. The molecule has 1 aliphatic heterocycles. The number of amides is 1. The summed E-state index contributed by atoms with van der Waals surface area (Å²) in [4.78, 5) is 36.1. The summed E-state index contributed by atoms with van der Waals surface area (Å²) in [5.74, 6) is 0.231. The van der Waals surface area contributed by atoms with Crippen LogP contribution in [0.4, 0.5) is 5.69 Å². The molecule has 9 heteroatoms. The van der Waals surface area contributed by atoms with Gasteiger partial charge in [-0.15, -0.1) is 0 Å². The van der Waals surface area contributed by atoms with Crippen LogP contribution < -0.4 is 9.47 Å². The van der Waals surface area contributed by atoms with E-state index in [0.29, 0.717) is 28.1 Å². The minimum Gasteiger partial charge on any atom is -0.493 e. The summed E-state index contributed by atoms with van der Waals surface area (Å²) in [5.41, 5.74) is 2.40. The van der Waals surface area contributed by atoms with Gasteiger partial charge in [0.1, 0.15) is 0 Å². The van der Waals surface area contributed by atoms with Gasteiger partial charge in [-0.2, -0.15) is 0 Å². The maximum Gasteiger partial charge on any atom is 0.344 e. The number of ether oxygens (including phenoxy) is 3. The van der Waals surface area contributed by atoms with Gasteiger partial charge in [-0.3, -0.25) is 14.7 Å². The summed E-state index contributed by atoms with van der Waals surface area (Å²) in [6, 6.07) is 18.5. The SMILES string of the molecule is CCOC(=O)COc1ccc(/C=C2/SC(=Nc3ccccc3)N(Cc3cccnc3)C2=O)cc1OC. The number of esters is 1. The first kappa shape index (κ1) is 25.0. The molecule has 1 aliphatic rings. The molecule has 0 atom stereocenters. The number of hydrogen-bond donors (Lipinski definition) is 0. The van der Waals surface area contributed by atoms with Gasteiger partial charge in [0.25, 0.3) is 5.91 Å². The van der Waals surface area contributed by atoms with Crippen molar-refractivity contribution < 1.29 is 23.8 Å². The Bertz CT molecular complexity index is 1280. The van der Waals surface area contributed by atoms with E-state index in [4.69, 9.17) is 19.2 Å². The highest BCUT2D eigenvalue weighted by atomic mass is 32.2. The van der Waals surface area contributed by atoms with Crippen molar-refractivity contribution in [2.75, 3.05) is 20.3 Å². The molecule has 1 amide bonds. The van der Waals surface area contributed by atoms with E-state index in [1.807, 2.05) is 42.5 Å². The fourth-order valence-corrected chi connectivity index (χ4v) is 4.40. The van der Waals surface area contributed by atoms with Crippen molar-refractivity contribution in [3.63, 3.8) is 0 Å². The van der Waals surface area contributed by atoms with Gasteiger partial charge in [0.15, 0.2) is 23.3 Å². The van der Waals surface area contributed by atoms with Crippen LogP contribution in [0.1, 0.15) is 18.1 Å². The van der Waals surface area contributed by atoms with E-state index in [0.717, 1.165) is 16.8 Å². The maximum atomic E-state index is 13.4. The average Bonchev–Trinajstić information content (AvgIpc) is 3.18. The van der Waals surface area contributed by atoms with Gasteiger partial charge < -0.3 is 14.2 Å². The predicted molar refractivity (Wildman–Crippen MR) is 139 cm³/mol. The third kappa shape index (κ3) is 6.31. The number of para-hydroxylation sites is 1. The number of benzene rings is 2. The number of carbonyl (C=O) groups is 2. The van der Waals surface area contributed by atoms with Crippen molar-refractivity contribution in [1.29, 1.82) is 0 Å². The number of thioether (sulfide) groups is 1. The maximum absolute atomic E-state index is 13.4. The van der Waals surface area contributed by atoms with Gasteiger partial charge in [0.2, 0.25) is 0 Å². The lowest BCUT2D eigenvalue weighted by Gasteiger charge is -2.15. The summed E-state index contributed by atoms with van der Waals surface area (Å²) < 4.78 is 15.9. The number of aromatic nitrogens is 1. The zero-order valence-corrected chi connectivity index (χ0v) is 20.7. The standard InChI is InChI=1S/C27H25N3O5S/c1-3-34-25(31)18-35-22-12-11-19(14-23(22)33-2)15-24-26(32)30(17-20-8-7-13-28-16-20)27(36-24)29-21-9-5-4-6-10-21/h4-16H,3,17-18H2,1-2H3/b24-15+,29-27?. The third-order valence-electron chi connectivity index (χ3n) is 5.07. The van der Waals surface area contributed by atoms with E-state index < -0.39 is 5.97 Å². The van der Waals surface area contributed by atoms with E-state index in [1.54, 1.807) is 48.5 Å². The highest BCUT2D eigenvalue weighted by molar-refractivity contribution is 8.18. The largest absolute Gasteiger partial charge is 0.493 e. The average molecular weight is 504 g/mol. The Balaban J connectivity index is 1.60. The number of amidine groups is 1. The lowest BCUT2D eigenvalue weighted by atomic mass is 10.2.